The molecule has 0 spiro atoms. The summed E-state index contributed by atoms with van der Waals surface area (Å²) in [6, 6.07) is 3.57. The largest absolute Gasteiger partial charge is 0.350 e. The molecule has 2 rings (SSSR count). The van der Waals surface area contributed by atoms with Gasteiger partial charge in [-0.15, -0.1) is 0 Å². The molecule has 0 aliphatic rings. The third-order valence-corrected chi connectivity index (χ3v) is 3.21. The number of hydrogen-bond donors (Lipinski definition) is 2. The average molecular weight is 350 g/mol. The Morgan fingerprint density at radius 2 is 1.88 bits per heavy atom. The van der Waals surface area contributed by atoms with Crippen LogP contribution in [-0.4, -0.2) is 39.8 Å². The molecule has 0 aliphatic carbocycles. The van der Waals surface area contributed by atoms with Gasteiger partial charge in [-0.25, -0.2) is 4.98 Å². The third kappa shape index (κ3) is 4.46. The topological polar surface area (TPSA) is 127 Å². The average Bonchev–Trinajstić information content (AvgIpc) is 2.58. The number of rotatable bonds is 6. The van der Waals surface area contributed by atoms with Crippen molar-refractivity contribution in [3.63, 3.8) is 0 Å². The number of halogens is 1. The first-order valence-corrected chi connectivity index (χ1v) is 7.13. The maximum absolute atomic E-state index is 12.0. The molecule has 124 valence electrons. The molecular weight excluding hydrogens is 338 g/mol. The maximum Gasteiger partial charge on any atom is 0.271 e. The highest BCUT2D eigenvalue weighted by Gasteiger charge is 2.14. The first kappa shape index (κ1) is 17.3. The fraction of sp³-hybridized carbons (Fsp3) is 0.143. The fourth-order valence-corrected chi connectivity index (χ4v) is 2.02. The number of non-ortho nitro benzene ring substituents is 1. The van der Waals surface area contributed by atoms with Crippen LogP contribution in [0.5, 0.6) is 0 Å². The highest BCUT2D eigenvalue weighted by Crippen LogP contribution is 2.22. The van der Waals surface area contributed by atoms with Crippen molar-refractivity contribution >= 4 is 29.1 Å². The van der Waals surface area contributed by atoms with Gasteiger partial charge in [0.15, 0.2) is 0 Å². The molecule has 2 N–H and O–H groups in total. The van der Waals surface area contributed by atoms with Crippen molar-refractivity contribution in [2.45, 2.75) is 0 Å². The van der Waals surface area contributed by atoms with Crippen LogP contribution < -0.4 is 10.6 Å². The number of carbonyl (C=O) groups excluding carboxylic acids is 2. The van der Waals surface area contributed by atoms with Crippen molar-refractivity contribution < 1.29 is 14.5 Å². The van der Waals surface area contributed by atoms with Crippen LogP contribution in [0, 0.1) is 10.1 Å². The molecule has 0 radical (unpaired) electrons. The molecule has 0 aliphatic heterocycles. The van der Waals surface area contributed by atoms with Crippen LogP contribution in [0.2, 0.25) is 5.02 Å². The molecule has 1 heterocycles. The van der Waals surface area contributed by atoms with Gasteiger partial charge >= 0.3 is 0 Å². The van der Waals surface area contributed by atoms with E-state index < -0.39 is 16.7 Å². The van der Waals surface area contributed by atoms with Gasteiger partial charge in [0.05, 0.1) is 21.7 Å². The van der Waals surface area contributed by atoms with E-state index in [-0.39, 0.29) is 35.1 Å². The van der Waals surface area contributed by atoms with Crippen LogP contribution >= 0.6 is 11.6 Å². The molecule has 1 aromatic heterocycles. The molecule has 1 aromatic carbocycles. The lowest BCUT2D eigenvalue weighted by atomic mass is 10.2. The van der Waals surface area contributed by atoms with Crippen LogP contribution in [0.15, 0.2) is 36.8 Å². The highest BCUT2D eigenvalue weighted by molar-refractivity contribution is 6.34. The monoisotopic (exact) mass is 349 g/mol. The number of nitrogens with zero attached hydrogens (tertiary/aromatic N) is 3. The van der Waals surface area contributed by atoms with Gasteiger partial charge in [-0.05, 0) is 6.07 Å². The van der Waals surface area contributed by atoms with E-state index in [4.69, 9.17) is 11.6 Å². The van der Waals surface area contributed by atoms with Crippen LogP contribution in [0.1, 0.15) is 20.8 Å². The lowest BCUT2D eigenvalue weighted by Gasteiger charge is -2.08. The van der Waals surface area contributed by atoms with Gasteiger partial charge < -0.3 is 10.6 Å². The second-order valence-corrected chi connectivity index (χ2v) is 4.93. The van der Waals surface area contributed by atoms with Crippen molar-refractivity contribution in [1.29, 1.82) is 0 Å². The summed E-state index contributed by atoms with van der Waals surface area (Å²) >= 11 is 5.86. The van der Waals surface area contributed by atoms with Gasteiger partial charge in [-0.2, -0.15) is 0 Å². The van der Waals surface area contributed by atoms with Crippen LogP contribution in [0.25, 0.3) is 0 Å². The van der Waals surface area contributed by atoms with Crippen LogP contribution in [-0.2, 0) is 0 Å². The number of hydrogen-bond acceptors (Lipinski definition) is 6. The number of benzene rings is 1. The van der Waals surface area contributed by atoms with E-state index in [0.717, 1.165) is 6.07 Å². The Bertz CT molecular complexity index is 769. The van der Waals surface area contributed by atoms with Gasteiger partial charge in [0.25, 0.3) is 17.5 Å². The number of nitrogens with one attached hydrogen (secondary N) is 2. The number of carbonyl (C=O) groups is 2. The molecular formula is C14H12ClN5O4. The molecule has 0 bridgehead atoms. The van der Waals surface area contributed by atoms with E-state index in [1.807, 2.05) is 0 Å². The van der Waals surface area contributed by atoms with E-state index in [1.54, 1.807) is 0 Å². The molecule has 2 aromatic rings. The molecule has 24 heavy (non-hydrogen) atoms. The fourth-order valence-electron chi connectivity index (χ4n) is 1.76. The van der Waals surface area contributed by atoms with E-state index in [2.05, 4.69) is 20.6 Å². The minimum Gasteiger partial charge on any atom is -0.350 e. The minimum atomic E-state index is -0.602. The van der Waals surface area contributed by atoms with Gasteiger partial charge in [-0.1, -0.05) is 11.6 Å². The quantitative estimate of drug-likeness (QED) is 0.458. The van der Waals surface area contributed by atoms with Gasteiger partial charge in [0.1, 0.15) is 5.69 Å². The minimum absolute atomic E-state index is 0.0229. The summed E-state index contributed by atoms with van der Waals surface area (Å²) in [6.07, 6.45) is 4.17. The first-order valence-electron chi connectivity index (χ1n) is 6.75. The SMILES string of the molecule is O=C(NCCNC(=O)c1ccc([N+](=O)[O-])cc1Cl)c1cnccn1. The Hall–Kier alpha value is -3.07. The van der Waals surface area contributed by atoms with Crippen molar-refractivity contribution in [3.05, 3.63) is 63.2 Å². The molecule has 0 fully saturated rings. The lowest BCUT2D eigenvalue weighted by Crippen LogP contribution is -2.35. The standard InChI is InChI=1S/C14H12ClN5O4/c15-11-7-9(20(23)24)1-2-10(11)13(21)18-5-6-19-14(22)12-8-16-3-4-17-12/h1-4,7-8H,5-6H2,(H,18,21)(H,19,22). The molecule has 2 amide bonds. The predicted octanol–water partition coefficient (Wildman–Crippen LogP) is 1.20. The summed E-state index contributed by atoms with van der Waals surface area (Å²) in [7, 11) is 0. The molecule has 0 saturated carbocycles. The molecule has 0 saturated heterocycles. The van der Waals surface area contributed by atoms with E-state index in [0.29, 0.717) is 0 Å². The molecule has 0 atom stereocenters. The Labute approximate surface area is 141 Å². The highest BCUT2D eigenvalue weighted by atomic mass is 35.5. The lowest BCUT2D eigenvalue weighted by molar-refractivity contribution is -0.384. The second kappa shape index (κ2) is 7.97. The van der Waals surface area contributed by atoms with Crippen molar-refractivity contribution in [1.82, 2.24) is 20.6 Å². The summed E-state index contributed by atoms with van der Waals surface area (Å²) < 4.78 is 0. The van der Waals surface area contributed by atoms with E-state index in [1.165, 1.54) is 30.7 Å². The number of aromatic nitrogens is 2. The van der Waals surface area contributed by atoms with E-state index in [9.17, 15) is 19.7 Å². The smallest absolute Gasteiger partial charge is 0.271 e. The zero-order valence-electron chi connectivity index (χ0n) is 12.2. The van der Waals surface area contributed by atoms with Crippen LogP contribution in [0.3, 0.4) is 0 Å². The van der Waals surface area contributed by atoms with E-state index >= 15 is 0 Å². The summed E-state index contributed by atoms with van der Waals surface area (Å²) in [5.41, 5.74) is 0.0811. The first-order chi connectivity index (χ1) is 11.5. The van der Waals surface area contributed by atoms with Gasteiger partial charge in [-0.3, -0.25) is 24.7 Å². The summed E-state index contributed by atoms with van der Waals surface area (Å²) in [5.74, 6) is -0.908. The maximum atomic E-state index is 12.0. The Morgan fingerprint density at radius 3 is 2.46 bits per heavy atom. The second-order valence-electron chi connectivity index (χ2n) is 4.52. The number of amides is 2. The van der Waals surface area contributed by atoms with Crippen molar-refractivity contribution in [2.24, 2.45) is 0 Å². The van der Waals surface area contributed by atoms with Gasteiger partial charge in [0.2, 0.25) is 0 Å². The normalized spacial score (nSPS) is 10.0. The Balaban J connectivity index is 1.83. The Morgan fingerprint density at radius 1 is 1.17 bits per heavy atom. The van der Waals surface area contributed by atoms with Crippen molar-refractivity contribution in [3.8, 4) is 0 Å². The Kier molecular flexibility index (Phi) is 5.74. The zero-order chi connectivity index (χ0) is 17.5. The predicted molar refractivity (Wildman–Crippen MR) is 84.8 cm³/mol. The molecule has 9 nitrogen and oxygen atoms in total. The molecule has 10 heteroatoms. The van der Waals surface area contributed by atoms with Crippen molar-refractivity contribution in [2.75, 3.05) is 13.1 Å². The van der Waals surface area contributed by atoms with Crippen LogP contribution in [0.4, 0.5) is 5.69 Å². The number of nitro benzene ring substituents is 1. The molecule has 0 unspecified atom stereocenters. The zero-order valence-corrected chi connectivity index (χ0v) is 13.0. The summed E-state index contributed by atoms with van der Waals surface area (Å²) in [4.78, 5) is 41.3. The summed E-state index contributed by atoms with van der Waals surface area (Å²) in [6.45, 7) is 0.323. The van der Waals surface area contributed by atoms with Gasteiger partial charge in [0, 0.05) is 37.6 Å². The third-order valence-electron chi connectivity index (χ3n) is 2.90. The number of nitro groups is 1. The summed E-state index contributed by atoms with van der Waals surface area (Å²) in [5, 5.41) is 15.7.